The first kappa shape index (κ1) is 30.5. The predicted octanol–water partition coefficient (Wildman–Crippen LogP) is -0.780. The van der Waals surface area contributed by atoms with Gasteiger partial charge < -0.3 is 17.3 Å². The van der Waals surface area contributed by atoms with Crippen LogP contribution in [0.25, 0.3) is 0 Å². The summed E-state index contributed by atoms with van der Waals surface area (Å²) in [6.07, 6.45) is 0. The fourth-order valence-corrected chi connectivity index (χ4v) is 0. The van der Waals surface area contributed by atoms with Gasteiger partial charge in [-0.15, -0.1) is 0 Å². The van der Waals surface area contributed by atoms with Crippen LogP contribution in [0.4, 0.5) is 42.4 Å². The molecule has 0 amide bonds. The molecule has 0 aliphatic heterocycles. The molecule has 0 heterocycles. The molecule has 1 nitrogen and oxygen atoms in total. The largest absolute Gasteiger partial charge is 1.00 e. The molecule has 0 aromatic rings. The molecule has 0 N–H and O–H groups in total. The Morgan fingerprint density at radius 2 is 0.824 bits per heavy atom. The number of halogens is 10. The van der Waals surface area contributed by atoms with Crippen LogP contribution < -0.4 is 37.7 Å². The van der Waals surface area contributed by atoms with Crippen LogP contribution in [0.5, 0.6) is 0 Å². The molecule has 15 heteroatoms. The van der Waals surface area contributed by atoms with Crippen LogP contribution in [0, 0.1) is 11.3 Å². The van der Waals surface area contributed by atoms with Gasteiger partial charge in [0, 0.05) is 6.92 Å². The minimum absolute atomic E-state index is 0. The molecule has 0 spiro atoms. The minimum atomic E-state index is -10.7. The molecule has 0 rings (SSSR count). The van der Waals surface area contributed by atoms with Gasteiger partial charge in [-0.25, -0.2) is 0 Å². The molecule has 96 valence electrons. The van der Waals surface area contributed by atoms with E-state index in [2.05, 4.69) is 0 Å². The fourth-order valence-electron chi connectivity index (χ4n) is 0. The zero-order valence-corrected chi connectivity index (χ0v) is 9.65. The van der Waals surface area contributed by atoms with Gasteiger partial charge in [-0.2, -0.15) is 5.26 Å². The van der Waals surface area contributed by atoms with Gasteiger partial charge in [-0.05, 0) is 0 Å². The number of hydrogen-bond acceptors (Lipinski definition) is 1. The van der Waals surface area contributed by atoms with E-state index in [1.165, 1.54) is 6.92 Å². The molecule has 0 bridgehead atoms. The van der Waals surface area contributed by atoms with E-state index in [0.717, 1.165) is 0 Å². The van der Waals surface area contributed by atoms with Crippen molar-refractivity contribution < 1.29 is 80.2 Å². The quantitative estimate of drug-likeness (QED) is 0.326. The average molecular weight is 287 g/mol. The molecule has 17 heavy (non-hydrogen) atoms. The molecule has 0 fully saturated rings. The smallest absolute Gasteiger partial charge is 1.00 e. The minimum Gasteiger partial charge on any atom is 1.00 e. The van der Waals surface area contributed by atoms with Crippen LogP contribution in [0.3, 0.4) is 0 Å². The number of rotatable bonds is 0. The van der Waals surface area contributed by atoms with Crippen molar-refractivity contribution in [2.24, 2.45) is 0 Å². The Morgan fingerprint density at radius 1 is 0.824 bits per heavy atom. The van der Waals surface area contributed by atoms with Gasteiger partial charge in [0.1, 0.15) is 0 Å². The summed E-state index contributed by atoms with van der Waals surface area (Å²) in [6, 6.07) is 1.75. The molecule has 0 aliphatic carbocycles. The summed E-state index contributed by atoms with van der Waals surface area (Å²) in [5.41, 5.74) is 0. The van der Waals surface area contributed by atoms with E-state index in [9.17, 15) is 42.4 Å². The first-order valence-electron chi connectivity index (χ1n) is 2.61. The van der Waals surface area contributed by atoms with E-state index in [1.54, 1.807) is 6.07 Å². The number of nitriles is 1. The van der Waals surface area contributed by atoms with Gasteiger partial charge in [-0.1, -0.05) is 0 Å². The standard InChI is InChI=1S/C2H3N.BF4.F6P.2Li/c1-2-3;2-1(3,4)5;1-7(2,3,4,5)6;;/h1H3;;;;/q;2*-1;2*+1. The summed E-state index contributed by atoms with van der Waals surface area (Å²) in [5, 5.41) is 7.32. The normalized spacial score (nSPS) is 13.5. The van der Waals surface area contributed by atoms with E-state index in [0.29, 0.717) is 0 Å². The monoisotopic (exact) mass is 287 g/mol. The zero-order chi connectivity index (χ0) is 13.6. The molecular weight excluding hydrogens is 284 g/mol. The molecule has 0 atom stereocenters. The summed E-state index contributed by atoms with van der Waals surface area (Å²) in [6.45, 7) is 1.43. The second kappa shape index (κ2) is 7.81. The summed E-state index contributed by atoms with van der Waals surface area (Å²) in [5.74, 6) is 0. The van der Waals surface area contributed by atoms with Gasteiger partial charge in [0.15, 0.2) is 0 Å². The number of hydrogen-bond donors (Lipinski definition) is 0. The van der Waals surface area contributed by atoms with Gasteiger partial charge in [-0.3, -0.25) is 0 Å². The van der Waals surface area contributed by atoms with Crippen molar-refractivity contribution in [1.29, 1.82) is 5.26 Å². The third-order valence-electron chi connectivity index (χ3n) is 0. The van der Waals surface area contributed by atoms with E-state index in [1.807, 2.05) is 0 Å². The molecular formula is C2H3BF10Li2NP. The van der Waals surface area contributed by atoms with E-state index in [-0.39, 0.29) is 37.7 Å². The van der Waals surface area contributed by atoms with Crippen LogP contribution in [-0.4, -0.2) is 7.25 Å². The van der Waals surface area contributed by atoms with Crippen LogP contribution in [0.15, 0.2) is 0 Å². The van der Waals surface area contributed by atoms with Crippen LogP contribution in [-0.2, 0) is 0 Å². The molecule has 0 radical (unpaired) electrons. The summed E-state index contributed by atoms with van der Waals surface area (Å²) in [7, 11) is -16.7. The molecule has 0 saturated heterocycles. The second-order valence-electron chi connectivity index (χ2n) is 1.68. The summed E-state index contributed by atoms with van der Waals surface area (Å²) < 4.78 is 98.2. The Bertz CT molecular complexity index is 205. The molecule has 0 unspecified atom stereocenters. The van der Waals surface area contributed by atoms with Gasteiger partial charge in [0.25, 0.3) is 0 Å². The Morgan fingerprint density at radius 3 is 0.824 bits per heavy atom. The molecule has 0 aromatic carbocycles. The Labute approximate surface area is 114 Å². The van der Waals surface area contributed by atoms with Crippen molar-refractivity contribution in [2.45, 2.75) is 6.92 Å². The van der Waals surface area contributed by atoms with E-state index < -0.39 is 15.1 Å². The van der Waals surface area contributed by atoms with Crippen molar-refractivity contribution >= 4 is 15.1 Å². The third kappa shape index (κ3) is 15000. The fraction of sp³-hybridized carbons (Fsp3) is 0.500. The first-order chi connectivity index (χ1) is 5.86. The van der Waals surface area contributed by atoms with Crippen molar-refractivity contribution in [1.82, 2.24) is 0 Å². The van der Waals surface area contributed by atoms with E-state index in [4.69, 9.17) is 5.26 Å². The van der Waals surface area contributed by atoms with Gasteiger partial charge in [0.2, 0.25) is 0 Å². The molecule has 0 aliphatic rings. The SMILES string of the molecule is CC#N.F[B-](F)(F)F.F[P-](F)(F)(F)(F)F.[Li+].[Li+]. The van der Waals surface area contributed by atoms with Crippen LogP contribution in [0.1, 0.15) is 6.92 Å². The van der Waals surface area contributed by atoms with Crippen molar-refractivity contribution in [3.63, 3.8) is 0 Å². The Balaban J connectivity index is -0.0000000430. The number of nitrogens with zero attached hydrogens (tertiary/aromatic N) is 1. The van der Waals surface area contributed by atoms with Crippen molar-refractivity contribution in [3.8, 4) is 6.07 Å². The predicted molar refractivity (Wildman–Crippen MR) is 35.0 cm³/mol. The summed E-state index contributed by atoms with van der Waals surface area (Å²) >= 11 is 0. The Kier molecular flexibility index (Phi) is 14.0. The first-order valence-corrected chi connectivity index (χ1v) is 4.64. The maximum Gasteiger partial charge on any atom is 1.00 e. The maximum absolute atomic E-state index is 10.7. The van der Waals surface area contributed by atoms with Crippen molar-refractivity contribution in [2.75, 3.05) is 0 Å². The Hall–Kier alpha value is 0.480. The van der Waals surface area contributed by atoms with Crippen LogP contribution >= 0.6 is 7.81 Å². The zero-order valence-electron chi connectivity index (χ0n) is 8.75. The molecule has 0 saturated carbocycles. The van der Waals surface area contributed by atoms with Gasteiger partial charge >= 0.3 is 78.0 Å². The van der Waals surface area contributed by atoms with Gasteiger partial charge in [0.05, 0.1) is 6.07 Å². The topological polar surface area (TPSA) is 23.8 Å². The second-order valence-corrected chi connectivity index (χ2v) is 3.59. The molecule has 0 aromatic heterocycles. The third-order valence-corrected chi connectivity index (χ3v) is 0. The van der Waals surface area contributed by atoms with Crippen molar-refractivity contribution in [3.05, 3.63) is 0 Å². The van der Waals surface area contributed by atoms with Crippen LogP contribution in [0.2, 0.25) is 0 Å². The summed E-state index contributed by atoms with van der Waals surface area (Å²) in [4.78, 5) is 0. The van der Waals surface area contributed by atoms with E-state index >= 15 is 0 Å². The maximum atomic E-state index is 9.87. The average Bonchev–Trinajstić information content (AvgIpc) is 1.46.